The Morgan fingerprint density at radius 2 is 1.24 bits per heavy atom. The highest BCUT2D eigenvalue weighted by Gasteiger charge is 2.26. The van der Waals surface area contributed by atoms with Gasteiger partial charge in [-0.15, -0.1) is 0 Å². The molecule has 0 aliphatic heterocycles. The summed E-state index contributed by atoms with van der Waals surface area (Å²) in [6.07, 6.45) is 1.93. The van der Waals surface area contributed by atoms with Gasteiger partial charge in [-0.1, -0.05) is 145 Å². The standard InChI is InChI=1S/C58H47N3O2/c1-57(2,3)39-24-26-50(45(31-39)35-15-8-7-9-16-35)61-51-22-14-21-42(38-29-37-18-11-12-19-41(37)46(30-38)49-32-40(27-28-59-49)58(4,5)6)54(51)60-56(61)48-33-47-44-25-23-36-17-10-13-20-43(36)55(44)63-53(47)34-52(48)62/h7-34,62H,1-6H3. The zero-order valence-electron chi connectivity index (χ0n) is 36.4. The van der Waals surface area contributed by atoms with Crippen LogP contribution in [0.25, 0.3) is 105 Å². The summed E-state index contributed by atoms with van der Waals surface area (Å²) in [5.74, 6) is 0.725. The first kappa shape index (κ1) is 38.4. The van der Waals surface area contributed by atoms with Crippen molar-refractivity contribution >= 4 is 54.5 Å². The van der Waals surface area contributed by atoms with Gasteiger partial charge in [0.1, 0.15) is 22.7 Å². The van der Waals surface area contributed by atoms with Gasteiger partial charge in [-0.25, -0.2) is 4.98 Å². The van der Waals surface area contributed by atoms with Crippen molar-refractivity contribution in [3.05, 3.63) is 181 Å². The molecule has 11 rings (SSSR count). The largest absolute Gasteiger partial charge is 0.507 e. The molecule has 0 fully saturated rings. The number of imidazole rings is 1. The molecule has 306 valence electrons. The van der Waals surface area contributed by atoms with E-state index in [1.807, 2.05) is 18.3 Å². The molecule has 0 aliphatic rings. The fraction of sp³-hybridized carbons (Fsp3) is 0.138. The number of furan rings is 1. The molecular formula is C58H47N3O2. The SMILES string of the molecule is CC(C)(C)c1ccnc(-c2cc(-c3cccc4c3nc(-c3cc5c(cc3O)oc3c6ccccc6ccc53)n4-c3ccc(C(C)(C)C)cc3-c3ccccc3)cc3ccccc23)c1. The zero-order chi connectivity index (χ0) is 43.2. The van der Waals surface area contributed by atoms with Crippen LogP contribution in [-0.4, -0.2) is 19.6 Å². The molecule has 1 N–H and O–H groups in total. The quantitative estimate of drug-likeness (QED) is 0.188. The van der Waals surface area contributed by atoms with Crippen molar-refractivity contribution < 1.29 is 9.52 Å². The van der Waals surface area contributed by atoms with Crippen molar-refractivity contribution in [2.45, 2.75) is 52.4 Å². The lowest BCUT2D eigenvalue weighted by Crippen LogP contribution is -2.12. The number of hydrogen-bond acceptors (Lipinski definition) is 4. The van der Waals surface area contributed by atoms with E-state index in [0.717, 1.165) is 88.1 Å². The van der Waals surface area contributed by atoms with Gasteiger partial charge >= 0.3 is 0 Å². The molecule has 5 nitrogen and oxygen atoms in total. The van der Waals surface area contributed by atoms with Crippen molar-refractivity contribution in [2.24, 2.45) is 0 Å². The third-order valence-corrected chi connectivity index (χ3v) is 12.7. The van der Waals surface area contributed by atoms with Crippen LogP contribution in [-0.2, 0) is 10.8 Å². The summed E-state index contributed by atoms with van der Waals surface area (Å²) in [7, 11) is 0. The smallest absolute Gasteiger partial charge is 0.149 e. The van der Waals surface area contributed by atoms with Gasteiger partial charge < -0.3 is 9.52 Å². The lowest BCUT2D eigenvalue weighted by atomic mass is 9.85. The topological polar surface area (TPSA) is 64.1 Å². The second-order valence-electron chi connectivity index (χ2n) is 18.8. The van der Waals surface area contributed by atoms with Gasteiger partial charge in [0.15, 0.2) is 0 Å². The van der Waals surface area contributed by atoms with Crippen molar-refractivity contribution in [3.8, 4) is 56.3 Å². The van der Waals surface area contributed by atoms with Gasteiger partial charge in [-0.2, -0.15) is 0 Å². The number of phenols is 1. The van der Waals surface area contributed by atoms with Gasteiger partial charge in [0.2, 0.25) is 0 Å². The Morgan fingerprint density at radius 1 is 0.508 bits per heavy atom. The van der Waals surface area contributed by atoms with Crippen LogP contribution in [0.15, 0.2) is 174 Å². The van der Waals surface area contributed by atoms with Gasteiger partial charge in [-0.3, -0.25) is 9.55 Å². The molecule has 5 heteroatoms. The first-order valence-electron chi connectivity index (χ1n) is 21.7. The third-order valence-electron chi connectivity index (χ3n) is 12.7. The minimum atomic E-state index is -0.0834. The van der Waals surface area contributed by atoms with E-state index >= 15 is 0 Å². The van der Waals surface area contributed by atoms with E-state index in [1.165, 1.54) is 11.1 Å². The first-order valence-corrected chi connectivity index (χ1v) is 21.7. The first-order chi connectivity index (χ1) is 30.4. The number of fused-ring (bicyclic) bond motifs is 7. The van der Waals surface area contributed by atoms with Crippen LogP contribution >= 0.6 is 0 Å². The maximum atomic E-state index is 12.2. The number of aromatic hydroxyl groups is 1. The summed E-state index contributed by atoms with van der Waals surface area (Å²) < 4.78 is 8.77. The van der Waals surface area contributed by atoms with Gasteiger partial charge in [0.25, 0.3) is 0 Å². The van der Waals surface area contributed by atoms with Gasteiger partial charge in [0, 0.05) is 45.1 Å². The van der Waals surface area contributed by atoms with E-state index in [-0.39, 0.29) is 16.6 Å². The molecule has 0 bridgehead atoms. The molecule has 0 spiro atoms. The Hall–Kier alpha value is -7.50. The van der Waals surface area contributed by atoms with E-state index in [2.05, 4.69) is 192 Å². The molecule has 0 aliphatic carbocycles. The van der Waals surface area contributed by atoms with Crippen molar-refractivity contribution in [3.63, 3.8) is 0 Å². The number of rotatable bonds is 5. The van der Waals surface area contributed by atoms with Crippen LogP contribution in [0.2, 0.25) is 0 Å². The molecule has 0 saturated heterocycles. The average molecular weight is 818 g/mol. The summed E-state index contributed by atoms with van der Waals surface area (Å²) in [4.78, 5) is 10.6. The number of phenolic OH excluding ortho intramolecular Hbond substituents is 1. The van der Waals surface area contributed by atoms with Gasteiger partial charge in [0.05, 0.1) is 28.0 Å². The van der Waals surface area contributed by atoms with Crippen LogP contribution in [0, 0.1) is 0 Å². The molecular weight excluding hydrogens is 771 g/mol. The van der Waals surface area contributed by atoms with E-state index in [1.54, 1.807) is 6.07 Å². The fourth-order valence-corrected chi connectivity index (χ4v) is 9.24. The number of pyridine rings is 1. The lowest BCUT2D eigenvalue weighted by molar-refractivity contribution is 0.476. The lowest BCUT2D eigenvalue weighted by Gasteiger charge is -2.23. The summed E-state index contributed by atoms with van der Waals surface area (Å²) in [6.45, 7) is 13.5. The Kier molecular flexibility index (Phi) is 8.71. The summed E-state index contributed by atoms with van der Waals surface area (Å²) in [5.41, 5.74) is 13.3. The highest BCUT2D eigenvalue weighted by atomic mass is 16.3. The van der Waals surface area contributed by atoms with Crippen LogP contribution in [0.3, 0.4) is 0 Å². The second kappa shape index (κ2) is 14.3. The molecule has 3 heterocycles. The normalized spacial score (nSPS) is 12.3. The Morgan fingerprint density at radius 3 is 2.03 bits per heavy atom. The average Bonchev–Trinajstić information content (AvgIpc) is 3.86. The highest BCUT2D eigenvalue weighted by molar-refractivity contribution is 6.16. The highest BCUT2D eigenvalue weighted by Crippen LogP contribution is 2.45. The van der Waals surface area contributed by atoms with Gasteiger partial charge in [-0.05, 0) is 104 Å². The second-order valence-corrected chi connectivity index (χ2v) is 18.8. The molecule has 63 heavy (non-hydrogen) atoms. The Labute approximate surface area is 366 Å². The van der Waals surface area contributed by atoms with Crippen LogP contribution in [0.1, 0.15) is 52.7 Å². The molecule has 0 amide bonds. The monoisotopic (exact) mass is 817 g/mol. The van der Waals surface area contributed by atoms with E-state index in [4.69, 9.17) is 14.4 Å². The predicted molar refractivity (Wildman–Crippen MR) is 262 cm³/mol. The number of hydrogen-bond donors (Lipinski definition) is 1. The third kappa shape index (κ3) is 6.46. The minimum absolute atomic E-state index is 0.0330. The summed E-state index contributed by atoms with van der Waals surface area (Å²) in [6, 6.07) is 57.5. The number of aromatic nitrogens is 3. The van der Waals surface area contributed by atoms with Crippen molar-refractivity contribution in [1.29, 1.82) is 0 Å². The van der Waals surface area contributed by atoms with E-state index < -0.39 is 0 Å². The van der Waals surface area contributed by atoms with Crippen LogP contribution in [0.5, 0.6) is 5.75 Å². The van der Waals surface area contributed by atoms with E-state index in [0.29, 0.717) is 17.0 Å². The minimum Gasteiger partial charge on any atom is -0.507 e. The Bertz CT molecular complexity index is 3600. The van der Waals surface area contributed by atoms with Crippen molar-refractivity contribution in [1.82, 2.24) is 14.5 Å². The number of benzene rings is 8. The van der Waals surface area contributed by atoms with Crippen LogP contribution in [0.4, 0.5) is 0 Å². The maximum Gasteiger partial charge on any atom is 0.149 e. The van der Waals surface area contributed by atoms with Crippen LogP contribution < -0.4 is 0 Å². The molecule has 0 radical (unpaired) electrons. The predicted octanol–water partition coefficient (Wildman–Crippen LogP) is 15.6. The maximum absolute atomic E-state index is 12.2. The van der Waals surface area contributed by atoms with E-state index in [9.17, 15) is 5.11 Å². The number of nitrogens with zero attached hydrogens (tertiary/aromatic N) is 3. The molecule has 11 aromatic rings. The summed E-state index contributed by atoms with van der Waals surface area (Å²) in [5, 5.41) is 18.5. The molecule has 0 saturated carbocycles. The fourth-order valence-electron chi connectivity index (χ4n) is 9.24. The zero-order valence-corrected chi connectivity index (χ0v) is 36.4. The molecule has 0 atom stereocenters. The molecule has 8 aromatic carbocycles. The number of para-hydroxylation sites is 1. The molecule has 3 aromatic heterocycles. The van der Waals surface area contributed by atoms with Crippen molar-refractivity contribution in [2.75, 3.05) is 0 Å². The Balaban J connectivity index is 1.22. The molecule has 0 unspecified atom stereocenters. The summed E-state index contributed by atoms with van der Waals surface area (Å²) >= 11 is 0.